The van der Waals surface area contributed by atoms with Crippen LogP contribution >= 0.6 is 0 Å². The van der Waals surface area contributed by atoms with Crippen molar-refractivity contribution in [1.82, 2.24) is 0 Å². The molecule has 0 bridgehead atoms. The van der Waals surface area contributed by atoms with E-state index in [0.29, 0.717) is 0 Å². The molecule has 0 spiro atoms. The topological polar surface area (TPSA) is 18.5 Å². The predicted molar refractivity (Wildman–Crippen MR) is 80.6 cm³/mol. The van der Waals surface area contributed by atoms with Gasteiger partial charge in [-0.2, -0.15) is 0 Å². The summed E-state index contributed by atoms with van der Waals surface area (Å²) in [5.74, 6) is 0. The van der Waals surface area contributed by atoms with Gasteiger partial charge in [0.15, 0.2) is 0 Å². The highest BCUT2D eigenvalue weighted by molar-refractivity contribution is 6.37. The summed E-state index contributed by atoms with van der Waals surface area (Å²) in [6, 6.07) is 1.41. The van der Waals surface area contributed by atoms with E-state index in [1.807, 2.05) is 0 Å². The van der Waals surface area contributed by atoms with Gasteiger partial charge in [-0.15, -0.1) is 0 Å². The van der Waals surface area contributed by atoms with Crippen molar-refractivity contribution in [2.45, 2.75) is 69.5 Å². The molecule has 0 aromatic carbocycles. The maximum atomic E-state index is 5.58. The quantitative estimate of drug-likeness (QED) is 0.731. The molecule has 102 valence electrons. The molecular weight excluding hydrogens is 244 g/mol. The van der Waals surface area contributed by atoms with Gasteiger partial charge in [-0.1, -0.05) is 19.5 Å². The van der Waals surface area contributed by atoms with Crippen molar-refractivity contribution in [2.75, 3.05) is 13.2 Å². The molecule has 2 heterocycles. The Labute approximate surface area is 111 Å². The summed E-state index contributed by atoms with van der Waals surface area (Å²) in [6.45, 7) is 6.68. The molecule has 0 radical (unpaired) electrons. The van der Waals surface area contributed by atoms with E-state index in [1.165, 1.54) is 44.6 Å². The summed E-state index contributed by atoms with van der Waals surface area (Å²) in [5, 5.41) is 0. The second kappa shape index (κ2) is 10.3. The molecule has 2 atom stereocenters. The fraction of sp³-hybridized carbons (Fsp3) is 1.00. The second-order valence-corrected chi connectivity index (χ2v) is 9.39. The van der Waals surface area contributed by atoms with Crippen molar-refractivity contribution in [1.29, 1.82) is 0 Å². The molecule has 4 heteroatoms. The van der Waals surface area contributed by atoms with Gasteiger partial charge in [0.05, 0.1) is 19.0 Å². The standard InChI is InChI=1S/C7H16OSi.C6H14OSi/c1-2-9-7-5-3-4-6-8-7;1-8-6-4-2-3-5-7-6/h7H,2-6,9H2,1H3;6H,2-5,8H2,1H3. The summed E-state index contributed by atoms with van der Waals surface area (Å²) in [7, 11) is 0.300. The van der Waals surface area contributed by atoms with E-state index in [2.05, 4.69) is 13.5 Å². The predicted octanol–water partition coefficient (Wildman–Crippen LogP) is 1.85. The fourth-order valence-electron chi connectivity index (χ4n) is 2.49. The molecule has 2 rings (SSSR count). The van der Waals surface area contributed by atoms with Gasteiger partial charge in [0.2, 0.25) is 0 Å². The Balaban J connectivity index is 0.000000171. The minimum absolute atomic E-state index is 0.146. The summed E-state index contributed by atoms with van der Waals surface area (Å²) in [4.78, 5) is 0. The zero-order valence-corrected chi connectivity index (χ0v) is 14.6. The van der Waals surface area contributed by atoms with Gasteiger partial charge in [0.25, 0.3) is 0 Å². The first-order valence-electron chi connectivity index (χ1n) is 7.60. The van der Waals surface area contributed by atoms with Crippen molar-refractivity contribution in [2.24, 2.45) is 0 Å². The van der Waals surface area contributed by atoms with Gasteiger partial charge < -0.3 is 9.47 Å². The zero-order chi connectivity index (χ0) is 12.3. The first-order valence-corrected chi connectivity index (χ1v) is 11.6. The number of hydrogen-bond acceptors (Lipinski definition) is 2. The fourth-order valence-corrected chi connectivity index (χ4v) is 5.14. The van der Waals surface area contributed by atoms with E-state index in [-0.39, 0.29) is 19.0 Å². The maximum Gasteiger partial charge on any atom is 0.0553 e. The highest BCUT2D eigenvalue weighted by Crippen LogP contribution is 2.12. The van der Waals surface area contributed by atoms with Gasteiger partial charge in [0, 0.05) is 24.7 Å². The molecule has 17 heavy (non-hydrogen) atoms. The molecule has 2 nitrogen and oxygen atoms in total. The van der Waals surface area contributed by atoms with Crippen molar-refractivity contribution < 1.29 is 9.47 Å². The Bertz CT molecular complexity index is 164. The molecule has 2 saturated heterocycles. The molecule has 2 aliphatic rings. The summed E-state index contributed by atoms with van der Waals surface area (Å²) in [6.07, 6.45) is 8.13. The number of rotatable bonds is 3. The largest absolute Gasteiger partial charge is 0.382 e. The lowest BCUT2D eigenvalue weighted by Crippen LogP contribution is -2.24. The van der Waals surface area contributed by atoms with Crippen LogP contribution in [0.3, 0.4) is 0 Å². The number of ether oxygens (including phenoxy) is 2. The average molecular weight is 275 g/mol. The van der Waals surface area contributed by atoms with Crippen LogP contribution in [0.25, 0.3) is 0 Å². The van der Waals surface area contributed by atoms with E-state index in [1.54, 1.807) is 0 Å². The molecular formula is C13H30O2Si2. The van der Waals surface area contributed by atoms with Crippen LogP contribution in [0.1, 0.15) is 45.4 Å². The second-order valence-electron chi connectivity index (χ2n) is 5.17. The van der Waals surface area contributed by atoms with Crippen LogP contribution in [-0.2, 0) is 9.47 Å². The molecule has 0 aliphatic carbocycles. The van der Waals surface area contributed by atoms with Gasteiger partial charge in [-0.3, -0.25) is 0 Å². The Morgan fingerprint density at radius 1 is 0.941 bits per heavy atom. The molecule has 0 N–H and O–H groups in total. The Morgan fingerprint density at radius 3 is 1.88 bits per heavy atom. The first kappa shape index (κ1) is 15.4. The van der Waals surface area contributed by atoms with Gasteiger partial charge in [0.1, 0.15) is 0 Å². The summed E-state index contributed by atoms with van der Waals surface area (Å²) in [5.41, 5.74) is 1.47. The lowest BCUT2D eigenvalue weighted by molar-refractivity contribution is 0.0651. The molecule has 0 aromatic rings. The van der Waals surface area contributed by atoms with Crippen LogP contribution in [0.4, 0.5) is 0 Å². The van der Waals surface area contributed by atoms with Crippen molar-refractivity contribution >= 4 is 19.0 Å². The average Bonchev–Trinajstić information content (AvgIpc) is 2.42. The summed E-state index contributed by atoms with van der Waals surface area (Å²) < 4.78 is 11.1. The highest BCUT2D eigenvalue weighted by atomic mass is 28.2. The van der Waals surface area contributed by atoms with E-state index < -0.39 is 0 Å². The number of hydrogen-bond donors (Lipinski definition) is 0. The maximum absolute atomic E-state index is 5.58. The van der Waals surface area contributed by atoms with E-state index >= 15 is 0 Å². The molecule has 2 aliphatic heterocycles. The lowest BCUT2D eigenvalue weighted by atomic mass is 10.2. The lowest BCUT2D eigenvalue weighted by Gasteiger charge is -2.21. The third-order valence-electron chi connectivity index (χ3n) is 3.61. The van der Waals surface area contributed by atoms with Gasteiger partial charge in [-0.05, 0) is 38.5 Å². The van der Waals surface area contributed by atoms with Crippen LogP contribution in [0, 0.1) is 0 Å². The highest BCUT2D eigenvalue weighted by Gasteiger charge is 2.11. The van der Waals surface area contributed by atoms with E-state index in [0.717, 1.165) is 24.7 Å². The van der Waals surface area contributed by atoms with Crippen LogP contribution in [0.5, 0.6) is 0 Å². The van der Waals surface area contributed by atoms with Gasteiger partial charge >= 0.3 is 0 Å². The van der Waals surface area contributed by atoms with Gasteiger partial charge in [-0.25, -0.2) is 0 Å². The SMILES string of the molecule is CC[SiH2]C1CCCCO1.C[SiH2]C1CCCCO1. The van der Waals surface area contributed by atoms with E-state index in [9.17, 15) is 0 Å². The molecule has 0 amide bonds. The minimum atomic E-state index is 0.146. The monoisotopic (exact) mass is 274 g/mol. The smallest absolute Gasteiger partial charge is 0.0553 e. The Morgan fingerprint density at radius 2 is 1.53 bits per heavy atom. The van der Waals surface area contributed by atoms with Crippen molar-refractivity contribution in [3.05, 3.63) is 0 Å². The third-order valence-corrected chi connectivity index (χ3v) is 7.03. The molecule has 0 aromatic heterocycles. The molecule has 2 unspecified atom stereocenters. The van der Waals surface area contributed by atoms with Crippen molar-refractivity contribution in [3.63, 3.8) is 0 Å². The van der Waals surface area contributed by atoms with Crippen molar-refractivity contribution in [3.8, 4) is 0 Å². The van der Waals surface area contributed by atoms with E-state index in [4.69, 9.17) is 9.47 Å². The molecule has 2 fully saturated rings. The van der Waals surface area contributed by atoms with Crippen LogP contribution < -0.4 is 0 Å². The van der Waals surface area contributed by atoms with Crippen LogP contribution in [0.2, 0.25) is 12.6 Å². The Hall–Kier alpha value is 0.354. The normalized spacial score (nSPS) is 30.7. The first-order chi connectivity index (χ1) is 8.36. The minimum Gasteiger partial charge on any atom is -0.382 e. The summed E-state index contributed by atoms with van der Waals surface area (Å²) >= 11 is 0. The van der Waals surface area contributed by atoms with Crippen LogP contribution in [-0.4, -0.2) is 43.7 Å². The third kappa shape index (κ3) is 7.39. The molecule has 0 saturated carbocycles. The Kier molecular flexibility index (Phi) is 9.33. The van der Waals surface area contributed by atoms with Crippen LogP contribution in [0.15, 0.2) is 0 Å². The zero-order valence-electron chi connectivity index (χ0n) is 11.7.